The fourth-order valence-electron chi connectivity index (χ4n) is 2.75. The van der Waals surface area contributed by atoms with Crippen LogP contribution in [0.25, 0.3) is 0 Å². The van der Waals surface area contributed by atoms with Crippen LogP contribution < -0.4 is 0 Å². The Bertz CT molecular complexity index is 292. The lowest BCUT2D eigenvalue weighted by molar-refractivity contribution is 0.131. The number of likely N-dealkylation sites (tertiary alicyclic amines) is 1. The Morgan fingerprint density at radius 3 is 2.75 bits per heavy atom. The second kappa shape index (κ2) is 6.05. The van der Waals surface area contributed by atoms with Gasteiger partial charge in [0, 0.05) is 12.6 Å². The topological polar surface area (TPSA) is 3.24 Å². The number of nitrogens with zero attached hydrogens (tertiary/aromatic N) is 1. The molecule has 1 aliphatic heterocycles. The van der Waals surface area contributed by atoms with Crippen molar-refractivity contribution in [3.05, 3.63) is 35.9 Å². The van der Waals surface area contributed by atoms with Crippen molar-refractivity contribution in [1.29, 1.82) is 0 Å². The molecule has 1 atom stereocenters. The predicted octanol–water partition coefficient (Wildman–Crippen LogP) is 3.84. The van der Waals surface area contributed by atoms with Gasteiger partial charge in [0.1, 0.15) is 0 Å². The minimum Gasteiger partial charge on any atom is -0.296 e. The minimum absolute atomic E-state index is 0.832. The SMILES string of the molecule is CCCC1CCCCN1Cc1ccccc1. The third-order valence-corrected chi connectivity index (χ3v) is 3.60. The lowest BCUT2D eigenvalue weighted by Gasteiger charge is -2.35. The van der Waals surface area contributed by atoms with Crippen LogP contribution in [-0.2, 0) is 6.54 Å². The number of benzene rings is 1. The molecule has 0 aromatic heterocycles. The van der Waals surface area contributed by atoms with E-state index in [1.165, 1.54) is 44.2 Å². The van der Waals surface area contributed by atoms with E-state index in [2.05, 4.69) is 42.2 Å². The molecule has 1 nitrogen and oxygen atoms in total. The van der Waals surface area contributed by atoms with Gasteiger partial charge in [0.15, 0.2) is 0 Å². The van der Waals surface area contributed by atoms with Gasteiger partial charge in [-0.2, -0.15) is 0 Å². The molecule has 1 saturated heterocycles. The van der Waals surface area contributed by atoms with Crippen LogP contribution in [0, 0.1) is 0 Å². The van der Waals surface area contributed by atoms with Crippen LogP contribution >= 0.6 is 0 Å². The third-order valence-electron chi connectivity index (χ3n) is 3.60. The Morgan fingerprint density at radius 2 is 2.00 bits per heavy atom. The van der Waals surface area contributed by atoms with Gasteiger partial charge in [0.05, 0.1) is 0 Å². The van der Waals surface area contributed by atoms with Crippen molar-refractivity contribution in [2.24, 2.45) is 0 Å². The van der Waals surface area contributed by atoms with Gasteiger partial charge in [0.2, 0.25) is 0 Å². The second-order valence-corrected chi connectivity index (χ2v) is 4.89. The van der Waals surface area contributed by atoms with Gasteiger partial charge in [-0.1, -0.05) is 50.1 Å². The van der Waals surface area contributed by atoms with E-state index in [4.69, 9.17) is 0 Å². The first-order chi connectivity index (χ1) is 7.90. The first-order valence-electron chi connectivity index (χ1n) is 6.68. The largest absolute Gasteiger partial charge is 0.296 e. The molecule has 1 aliphatic rings. The van der Waals surface area contributed by atoms with Crippen molar-refractivity contribution in [2.75, 3.05) is 6.54 Å². The van der Waals surface area contributed by atoms with E-state index in [1.54, 1.807) is 0 Å². The summed E-state index contributed by atoms with van der Waals surface area (Å²) < 4.78 is 0. The van der Waals surface area contributed by atoms with Gasteiger partial charge in [-0.15, -0.1) is 0 Å². The van der Waals surface area contributed by atoms with Gasteiger partial charge in [-0.3, -0.25) is 4.90 Å². The van der Waals surface area contributed by atoms with Crippen molar-refractivity contribution in [2.45, 2.75) is 51.6 Å². The molecule has 16 heavy (non-hydrogen) atoms. The van der Waals surface area contributed by atoms with Gasteiger partial charge < -0.3 is 0 Å². The summed E-state index contributed by atoms with van der Waals surface area (Å²) in [5.41, 5.74) is 1.46. The van der Waals surface area contributed by atoms with Gasteiger partial charge in [-0.05, 0) is 31.4 Å². The number of piperidine rings is 1. The zero-order chi connectivity index (χ0) is 11.2. The first kappa shape index (κ1) is 11.7. The summed E-state index contributed by atoms with van der Waals surface area (Å²) in [6, 6.07) is 11.7. The molecule has 0 aliphatic carbocycles. The van der Waals surface area contributed by atoms with Gasteiger partial charge >= 0.3 is 0 Å². The second-order valence-electron chi connectivity index (χ2n) is 4.89. The fourth-order valence-corrected chi connectivity index (χ4v) is 2.75. The molecule has 0 N–H and O–H groups in total. The quantitative estimate of drug-likeness (QED) is 0.740. The normalized spacial score (nSPS) is 22.2. The van der Waals surface area contributed by atoms with Crippen molar-refractivity contribution in [1.82, 2.24) is 4.90 Å². The van der Waals surface area contributed by atoms with Crippen molar-refractivity contribution in [3.63, 3.8) is 0 Å². The summed E-state index contributed by atoms with van der Waals surface area (Å²) >= 11 is 0. The van der Waals surface area contributed by atoms with Gasteiger partial charge in [0.25, 0.3) is 0 Å². The van der Waals surface area contributed by atoms with E-state index in [1.807, 2.05) is 0 Å². The molecular formula is C15H23N. The van der Waals surface area contributed by atoms with E-state index in [0.717, 1.165) is 12.6 Å². The Labute approximate surface area is 99.5 Å². The molecule has 0 amide bonds. The molecule has 1 aromatic rings. The van der Waals surface area contributed by atoms with Crippen LogP contribution in [0.5, 0.6) is 0 Å². The van der Waals surface area contributed by atoms with E-state index < -0.39 is 0 Å². The third kappa shape index (κ3) is 3.08. The molecule has 0 bridgehead atoms. The zero-order valence-corrected chi connectivity index (χ0v) is 10.4. The maximum Gasteiger partial charge on any atom is 0.0236 e. The molecule has 1 fully saturated rings. The summed E-state index contributed by atoms with van der Waals surface area (Å²) in [7, 11) is 0. The van der Waals surface area contributed by atoms with Crippen LogP contribution in [0.3, 0.4) is 0 Å². The number of rotatable bonds is 4. The van der Waals surface area contributed by atoms with Crippen molar-refractivity contribution in [3.8, 4) is 0 Å². The molecule has 88 valence electrons. The van der Waals surface area contributed by atoms with Crippen molar-refractivity contribution < 1.29 is 0 Å². The zero-order valence-electron chi connectivity index (χ0n) is 10.4. The molecule has 1 unspecified atom stereocenters. The van der Waals surface area contributed by atoms with Crippen LogP contribution in [0.4, 0.5) is 0 Å². The van der Waals surface area contributed by atoms with E-state index in [-0.39, 0.29) is 0 Å². The summed E-state index contributed by atoms with van der Waals surface area (Å²) in [6.45, 7) is 4.74. The maximum absolute atomic E-state index is 2.68. The lowest BCUT2D eigenvalue weighted by atomic mass is 9.97. The molecule has 0 spiro atoms. The average Bonchev–Trinajstić information content (AvgIpc) is 2.33. The molecule has 0 radical (unpaired) electrons. The Hall–Kier alpha value is -0.820. The summed E-state index contributed by atoms with van der Waals surface area (Å²) in [5, 5.41) is 0. The smallest absolute Gasteiger partial charge is 0.0236 e. The predicted molar refractivity (Wildman–Crippen MR) is 69.4 cm³/mol. The Morgan fingerprint density at radius 1 is 1.19 bits per heavy atom. The molecular weight excluding hydrogens is 194 g/mol. The van der Waals surface area contributed by atoms with E-state index >= 15 is 0 Å². The number of hydrogen-bond acceptors (Lipinski definition) is 1. The summed E-state index contributed by atoms with van der Waals surface area (Å²) in [5.74, 6) is 0. The standard InChI is InChI=1S/C15H23N/c1-2-8-15-11-6-7-12-16(15)13-14-9-4-3-5-10-14/h3-5,9-10,15H,2,6-8,11-13H2,1H3. The van der Waals surface area contributed by atoms with Crippen molar-refractivity contribution >= 4 is 0 Å². The summed E-state index contributed by atoms with van der Waals surface area (Å²) in [4.78, 5) is 2.68. The van der Waals surface area contributed by atoms with Crippen LogP contribution in [0.15, 0.2) is 30.3 Å². The summed E-state index contributed by atoms with van der Waals surface area (Å²) in [6.07, 6.45) is 6.90. The number of hydrogen-bond donors (Lipinski definition) is 0. The maximum atomic E-state index is 2.68. The van der Waals surface area contributed by atoms with E-state index in [0.29, 0.717) is 0 Å². The minimum atomic E-state index is 0.832. The van der Waals surface area contributed by atoms with Crippen LogP contribution in [0.1, 0.15) is 44.6 Å². The van der Waals surface area contributed by atoms with Crippen LogP contribution in [-0.4, -0.2) is 17.5 Å². The molecule has 1 heteroatoms. The highest BCUT2D eigenvalue weighted by Crippen LogP contribution is 2.22. The highest BCUT2D eigenvalue weighted by atomic mass is 15.2. The highest BCUT2D eigenvalue weighted by Gasteiger charge is 2.21. The average molecular weight is 217 g/mol. The van der Waals surface area contributed by atoms with E-state index in [9.17, 15) is 0 Å². The molecule has 1 aromatic carbocycles. The fraction of sp³-hybridized carbons (Fsp3) is 0.600. The molecule has 2 rings (SSSR count). The van der Waals surface area contributed by atoms with Crippen LogP contribution in [0.2, 0.25) is 0 Å². The Balaban J connectivity index is 1.96. The molecule has 1 heterocycles. The Kier molecular flexibility index (Phi) is 4.41. The van der Waals surface area contributed by atoms with Gasteiger partial charge in [-0.25, -0.2) is 0 Å². The lowest BCUT2D eigenvalue weighted by Crippen LogP contribution is -2.38. The monoisotopic (exact) mass is 217 g/mol. The first-order valence-corrected chi connectivity index (χ1v) is 6.68. The molecule has 0 saturated carbocycles. The highest BCUT2D eigenvalue weighted by molar-refractivity contribution is 5.14.